The zero-order valence-electron chi connectivity index (χ0n) is 22.2. The smallest absolute Gasteiger partial charge is 0.250 e. The van der Waals surface area contributed by atoms with Crippen molar-refractivity contribution in [2.75, 3.05) is 31.0 Å². The average molecular weight is 543 g/mol. The van der Waals surface area contributed by atoms with E-state index in [9.17, 15) is 4.79 Å². The number of carbonyl (C=O) groups excluding carboxylic acids is 1. The minimum Gasteiger partial charge on any atom is -0.495 e. The van der Waals surface area contributed by atoms with Gasteiger partial charge in [0.15, 0.2) is 5.11 Å². The number of hydrogen-bond donors (Lipinski definition) is 2. The number of anilines is 2. The number of methoxy groups -OCH3 is 2. The number of aromatic nitrogens is 3. The van der Waals surface area contributed by atoms with Crippen molar-refractivity contribution >= 4 is 34.6 Å². The summed E-state index contributed by atoms with van der Waals surface area (Å²) >= 11 is 5.92. The van der Waals surface area contributed by atoms with E-state index in [2.05, 4.69) is 50.0 Å². The van der Waals surface area contributed by atoms with Crippen LogP contribution in [-0.2, 0) is 9.53 Å². The quantitative estimate of drug-likeness (QED) is 0.311. The van der Waals surface area contributed by atoms with Crippen LogP contribution in [0, 0.1) is 13.8 Å². The number of pyridine rings is 2. The van der Waals surface area contributed by atoms with Gasteiger partial charge in [-0.25, -0.2) is 4.98 Å². The topological polar surface area (TPSA) is 93.5 Å². The molecule has 9 nitrogen and oxygen atoms in total. The summed E-state index contributed by atoms with van der Waals surface area (Å²) in [5.74, 6) is 1.10. The van der Waals surface area contributed by atoms with Crippen LogP contribution in [0.1, 0.15) is 34.7 Å². The number of thiocarbonyl (C=S) groups is 1. The number of aryl methyl sites for hydroxylation is 1. The van der Waals surface area contributed by atoms with E-state index in [1.807, 2.05) is 54.6 Å². The molecule has 4 aromatic rings. The highest BCUT2D eigenvalue weighted by Crippen LogP contribution is 2.45. The van der Waals surface area contributed by atoms with E-state index in [1.54, 1.807) is 19.5 Å². The maximum Gasteiger partial charge on any atom is 0.250 e. The Kier molecular flexibility index (Phi) is 7.58. The molecule has 1 aliphatic heterocycles. The van der Waals surface area contributed by atoms with Crippen LogP contribution >= 0.6 is 12.2 Å². The molecule has 5 rings (SSSR count). The van der Waals surface area contributed by atoms with Crippen LogP contribution in [0.25, 0.3) is 5.82 Å². The second kappa shape index (κ2) is 11.2. The highest BCUT2D eigenvalue weighted by Gasteiger charge is 2.42. The summed E-state index contributed by atoms with van der Waals surface area (Å²) in [5.41, 5.74) is 5.39. The molecule has 1 aromatic carbocycles. The maximum atomic E-state index is 12.4. The molecule has 0 aliphatic carbocycles. The van der Waals surface area contributed by atoms with Gasteiger partial charge in [-0.15, -0.1) is 0 Å². The van der Waals surface area contributed by atoms with E-state index in [0.29, 0.717) is 16.5 Å². The third-order valence-corrected chi connectivity index (χ3v) is 7.09. The summed E-state index contributed by atoms with van der Waals surface area (Å²) in [7, 11) is 3.04. The van der Waals surface area contributed by atoms with Crippen molar-refractivity contribution in [1.82, 2.24) is 19.9 Å². The fraction of sp³-hybridized carbons (Fsp3) is 0.241. The van der Waals surface area contributed by atoms with Crippen molar-refractivity contribution in [3.63, 3.8) is 0 Å². The van der Waals surface area contributed by atoms with Gasteiger partial charge >= 0.3 is 0 Å². The molecule has 1 saturated heterocycles. The molecule has 0 bridgehead atoms. The van der Waals surface area contributed by atoms with Gasteiger partial charge in [-0.1, -0.05) is 12.1 Å². The van der Waals surface area contributed by atoms with Gasteiger partial charge in [-0.05, 0) is 80.2 Å². The van der Waals surface area contributed by atoms with Crippen LogP contribution in [0.3, 0.4) is 0 Å². The van der Waals surface area contributed by atoms with Crippen molar-refractivity contribution in [2.24, 2.45) is 0 Å². The van der Waals surface area contributed by atoms with Crippen LogP contribution in [-0.4, -0.2) is 46.4 Å². The zero-order chi connectivity index (χ0) is 27.5. The van der Waals surface area contributed by atoms with Crippen LogP contribution in [0.5, 0.6) is 5.75 Å². The second-order valence-electron chi connectivity index (χ2n) is 9.21. The maximum absolute atomic E-state index is 12.4. The third-order valence-electron chi connectivity index (χ3n) is 6.78. The summed E-state index contributed by atoms with van der Waals surface area (Å²) in [4.78, 5) is 23.7. The molecule has 0 spiro atoms. The number of nitrogens with one attached hydrogen (secondary N) is 2. The largest absolute Gasteiger partial charge is 0.495 e. The van der Waals surface area contributed by atoms with Gasteiger partial charge in [-0.3, -0.25) is 9.78 Å². The predicted octanol–water partition coefficient (Wildman–Crippen LogP) is 4.65. The number of amides is 1. The van der Waals surface area contributed by atoms with Crippen LogP contribution in [0.4, 0.5) is 11.4 Å². The SMILES string of the molecule is COCC(=O)Nc1cc(N2C(=S)N[C@H](c3ccccn3)[C@H]2c2cc(C)n(-c3ccccn3)c2C)ccc1OC. The Labute approximate surface area is 232 Å². The van der Waals surface area contributed by atoms with Gasteiger partial charge in [0.1, 0.15) is 18.2 Å². The Morgan fingerprint density at radius 3 is 2.49 bits per heavy atom. The first kappa shape index (κ1) is 26.3. The number of rotatable bonds is 8. The summed E-state index contributed by atoms with van der Waals surface area (Å²) in [6.07, 6.45) is 3.58. The fourth-order valence-electron chi connectivity index (χ4n) is 5.14. The first-order chi connectivity index (χ1) is 18.9. The zero-order valence-corrected chi connectivity index (χ0v) is 23.0. The van der Waals surface area contributed by atoms with Gasteiger partial charge in [-0.2, -0.15) is 0 Å². The van der Waals surface area contributed by atoms with Crippen molar-refractivity contribution in [1.29, 1.82) is 0 Å². The standard InChI is InChI=1S/C29H30N6O3S/c1-18-15-21(19(2)34(18)25-10-6-8-14-31-25)28-27(22-9-5-7-13-30-22)33-29(39)35(28)20-11-12-24(38-4)23(16-20)32-26(36)17-37-3/h5-16,27-28H,17H2,1-4H3,(H,32,36)(H,33,39)/t27-,28-/m1/s1. The van der Waals surface area contributed by atoms with Gasteiger partial charge in [0.25, 0.3) is 0 Å². The molecule has 39 heavy (non-hydrogen) atoms. The molecule has 3 aromatic heterocycles. The molecule has 1 amide bonds. The molecule has 1 fully saturated rings. The first-order valence-corrected chi connectivity index (χ1v) is 12.9. The lowest BCUT2D eigenvalue weighted by molar-refractivity contribution is -0.119. The monoisotopic (exact) mass is 542 g/mol. The molecule has 200 valence electrons. The Bertz CT molecular complexity index is 1490. The molecule has 4 heterocycles. The molecule has 0 saturated carbocycles. The lowest BCUT2D eigenvalue weighted by Gasteiger charge is -2.29. The van der Waals surface area contributed by atoms with Crippen LogP contribution in [0.2, 0.25) is 0 Å². The molecule has 2 N–H and O–H groups in total. The first-order valence-electron chi connectivity index (χ1n) is 12.5. The molecule has 0 radical (unpaired) electrons. The van der Waals surface area contributed by atoms with Gasteiger partial charge in [0.2, 0.25) is 5.91 Å². The van der Waals surface area contributed by atoms with Crippen molar-refractivity contribution in [3.05, 3.63) is 95.7 Å². The molecule has 1 aliphatic rings. The summed E-state index contributed by atoms with van der Waals surface area (Å²) in [6.45, 7) is 4.10. The van der Waals surface area contributed by atoms with Crippen molar-refractivity contribution in [2.45, 2.75) is 25.9 Å². The molecule has 10 heteroatoms. The van der Waals surface area contributed by atoms with Gasteiger partial charge in [0, 0.05) is 36.6 Å². The average Bonchev–Trinajstić information content (AvgIpc) is 3.44. The normalized spacial score (nSPS) is 16.7. The molecule has 2 atom stereocenters. The number of ether oxygens (including phenoxy) is 2. The van der Waals surface area contributed by atoms with E-state index in [4.69, 9.17) is 21.7 Å². The lowest BCUT2D eigenvalue weighted by Crippen LogP contribution is -2.29. The van der Waals surface area contributed by atoms with E-state index in [-0.39, 0.29) is 24.6 Å². The molecular formula is C29H30N6O3S. The Morgan fingerprint density at radius 1 is 1.05 bits per heavy atom. The Morgan fingerprint density at radius 2 is 1.82 bits per heavy atom. The van der Waals surface area contributed by atoms with E-state index in [0.717, 1.165) is 34.2 Å². The van der Waals surface area contributed by atoms with E-state index in [1.165, 1.54) is 7.11 Å². The molecular weight excluding hydrogens is 512 g/mol. The number of nitrogens with zero attached hydrogens (tertiary/aromatic N) is 4. The van der Waals surface area contributed by atoms with Crippen LogP contribution < -0.4 is 20.3 Å². The number of hydrogen-bond acceptors (Lipinski definition) is 6. The van der Waals surface area contributed by atoms with E-state index < -0.39 is 0 Å². The molecule has 0 unspecified atom stereocenters. The van der Waals surface area contributed by atoms with Gasteiger partial charge < -0.3 is 29.6 Å². The minimum atomic E-state index is -0.281. The van der Waals surface area contributed by atoms with Crippen molar-refractivity contribution < 1.29 is 14.3 Å². The third kappa shape index (κ3) is 5.08. The number of carbonyl (C=O) groups is 1. The Hall–Kier alpha value is -4.28. The highest BCUT2D eigenvalue weighted by atomic mass is 32.1. The summed E-state index contributed by atoms with van der Waals surface area (Å²) < 4.78 is 12.7. The lowest BCUT2D eigenvalue weighted by atomic mass is 9.96. The second-order valence-corrected chi connectivity index (χ2v) is 9.60. The summed E-state index contributed by atoms with van der Waals surface area (Å²) in [6, 6.07) is 19.1. The van der Waals surface area contributed by atoms with E-state index >= 15 is 0 Å². The fourth-order valence-corrected chi connectivity index (χ4v) is 5.48. The van der Waals surface area contributed by atoms with Gasteiger partial charge in [0.05, 0.1) is 30.6 Å². The number of benzene rings is 1. The summed E-state index contributed by atoms with van der Waals surface area (Å²) in [5, 5.41) is 6.94. The minimum absolute atomic E-state index is 0.0685. The van der Waals surface area contributed by atoms with Crippen LogP contribution in [0.15, 0.2) is 73.1 Å². The van der Waals surface area contributed by atoms with Crippen molar-refractivity contribution in [3.8, 4) is 11.6 Å². The predicted molar refractivity (Wildman–Crippen MR) is 154 cm³/mol. The highest BCUT2D eigenvalue weighted by molar-refractivity contribution is 7.80. The Balaban J connectivity index is 1.64.